The van der Waals surface area contributed by atoms with E-state index < -0.39 is 0 Å². The zero-order chi connectivity index (χ0) is 15.5. The van der Waals surface area contributed by atoms with E-state index in [1.54, 1.807) is 0 Å². The second-order valence-electron chi connectivity index (χ2n) is 5.98. The molecule has 2 unspecified atom stereocenters. The van der Waals surface area contributed by atoms with Crippen molar-refractivity contribution in [2.24, 2.45) is 0 Å². The molecule has 2 atom stereocenters. The van der Waals surface area contributed by atoms with Gasteiger partial charge in [0.15, 0.2) is 0 Å². The Hall–Kier alpha value is -2.36. The fourth-order valence-electron chi connectivity index (χ4n) is 3.70. The number of nitrogens with one attached hydrogen (secondary N) is 3. The lowest BCUT2D eigenvalue weighted by Gasteiger charge is -2.46. The Morgan fingerprint density at radius 1 is 0.783 bits per heavy atom. The number of hydrogen-bond acceptors (Lipinski definition) is 2. The molecule has 116 valence electrons. The first-order valence-electron chi connectivity index (χ1n) is 8.14. The van der Waals surface area contributed by atoms with Gasteiger partial charge in [-0.3, -0.25) is 5.32 Å². The molecule has 2 heterocycles. The van der Waals surface area contributed by atoms with Gasteiger partial charge in [0.25, 0.3) is 0 Å². The van der Waals surface area contributed by atoms with Crippen molar-refractivity contribution in [1.82, 2.24) is 15.6 Å². The van der Waals surface area contributed by atoms with Crippen molar-refractivity contribution in [3.8, 4) is 0 Å². The standard InChI is InChI=1S/C20H21N3/c1-3-8-16(9-4-1)19-20(23-15-14-22-19,18-12-7-13-21-18)17-10-5-2-6-11-17/h1-13,19,21-23H,14-15H2. The summed E-state index contributed by atoms with van der Waals surface area (Å²) in [5.74, 6) is 0. The van der Waals surface area contributed by atoms with Gasteiger partial charge in [-0.05, 0) is 23.3 Å². The summed E-state index contributed by atoms with van der Waals surface area (Å²) in [4.78, 5) is 3.44. The first-order chi connectivity index (χ1) is 11.4. The lowest BCUT2D eigenvalue weighted by molar-refractivity contribution is 0.238. The molecule has 0 amide bonds. The molecule has 0 radical (unpaired) electrons. The van der Waals surface area contributed by atoms with E-state index in [-0.39, 0.29) is 11.6 Å². The number of benzene rings is 2. The number of H-pyrrole nitrogens is 1. The Morgan fingerprint density at radius 2 is 1.52 bits per heavy atom. The highest BCUT2D eigenvalue weighted by molar-refractivity contribution is 5.42. The molecular weight excluding hydrogens is 282 g/mol. The van der Waals surface area contributed by atoms with E-state index in [2.05, 4.69) is 88.4 Å². The van der Waals surface area contributed by atoms with Crippen LogP contribution in [-0.2, 0) is 5.54 Å². The molecule has 23 heavy (non-hydrogen) atoms. The largest absolute Gasteiger partial charge is 0.363 e. The Kier molecular flexibility index (Phi) is 3.74. The molecule has 0 spiro atoms. The summed E-state index contributed by atoms with van der Waals surface area (Å²) in [5, 5.41) is 7.54. The van der Waals surface area contributed by atoms with Crippen LogP contribution >= 0.6 is 0 Å². The van der Waals surface area contributed by atoms with E-state index in [1.165, 1.54) is 16.8 Å². The van der Waals surface area contributed by atoms with E-state index in [9.17, 15) is 0 Å². The van der Waals surface area contributed by atoms with Crippen LogP contribution in [0.2, 0.25) is 0 Å². The van der Waals surface area contributed by atoms with Crippen molar-refractivity contribution in [3.63, 3.8) is 0 Å². The third-order valence-corrected chi connectivity index (χ3v) is 4.70. The van der Waals surface area contributed by atoms with E-state index in [4.69, 9.17) is 0 Å². The second-order valence-corrected chi connectivity index (χ2v) is 5.98. The van der Waals surface area contributed by atoms with Crippen molar-refractivity contribution >= 4 is 0 Å². The summed E-state index contributed by atoms with van der Waals surface area (Å²) in [6.07, 6.45) is 2.00. The zero-order valence-corrected chi connectivity index (χ0v) is 13.0. The van der Waals surface area contributed by atoms with Crippen LogP contribution in [-0.4, -0.2) is 18.1 Å². The maximum atomic E-state index is 3.81. The summed E-state index contributed by atoms with van der Waals surface area (Å²) in [6, 6.07) is 25.8. The van der Waals surface area contributed by atoms with Crippen molar-refractivity contribution in [1.29, 1.82) is 0 Å². The Balaban J connectivity index is 1.92. The molecule has 3 aromatic rings. The highest BCUT2D eigenvalue weighted by atomic mass is 15.1. The minimum absolute atomic E-state index is 0.165. The maximum Gasteiger partial charge on any atom is 0.104 e. The molecule has 1 aliphatic rings. The van der Waals surface area contributed by atoms with Crippen molar-refractivity contribution in [2.45, 2.75) is 11.6 Å². The Morgan fingerprint density at radius 3 is 2.22 bits per heavy atom. The van der Waals surface area contributed by atoms with Gasteiger partial charge >= 0.3 is 0 Å². The highest BCUT2D eigenvalue weighted by Crippen LogP contribution is 2.41. The van der Waals surface area contributed by atoms with Crippen LogP contribution in [0.3, 0.4) is 0 Å². The van der Waals surface area contributed by atoms with Crippen molar-refractivity contribution < 1.29 is 0 Å². The number of aromatic nitrogens is 1. The van der Waals surface area contributed by atoms with Gasteiger partial charge in [-0.1, -0.05) is 60.7 Å². The summed E-state index contributed by atoms with van der Waals surface area (Å²) in [5.41, 5.74) is 3.44. The lowest BCUT2D eigenvalue weighted by Crippen LogP contribution is -2.59. The molecule has 0 aliphatic carbocycles. The minimum Gasteiger partial charge on any atom is -0.363 e. The van der Waals surface area contributed by atoms with Crippen LogP contribution in [0.25, 0.3) is 0 Å². The van der Waals surface area contributed by atoms with E-state index in [1.807, 2.05) is 6.20 Å². The van der Waals surface area contributed by atoms with Crippen LogP contribution in [0.15, 0.2) is 79.0 Å². The van der Waals surface area contributed by atoms with Crippen molar-refractivity contribution in [3.05, 3.63) is 95.8 Å². The van der Waals surface area contributed by atoms with Gasteiger partial charge in [0.05, 0.1) is 6.04 Å². The topological polar surface area (TPSA) is 39.8 Å². The third-order valence-electron chi connectivity index (χ3n) is 4.70. The van der Waals surface area contributed by atoms with E-state index >= 15 is 0 Å². The van der Waals surface area contributed by atoms with Gasteiger partial charge in [-0.2, -0.15) is 0 Å². The first kappa shape index (κ1) is 14.2. The van der Waals surface area contributed by atoms with Gasteiger partial charge in [0, 0.05) is 25.0 Å². The predicted octanol–water partition coefficient (Wildman–Crippen LogP) is 3.19. The van der Waals surface area contributed by atoms with Crippen molar-refractivity contribution in [2.75, 3.05) is 13.1 Å². The monoisotopic (exact) mass is 303 g/mol. The van der Waals surface area contributed by atoms with Gasteiger partial charge in [-0.15, -0.1) is 0 Å². The van der Waals surface area contributed by atoms with Gasteiger partial charge in [-0.25, -0.2) is 0 Å². The smallest absolute Gasteiger partial charge is 0.104 e. The SMILES string of the molecule is c1ccc(C2NCCNC2(c2ccccc2)c2ccc[nH]2)cc1. The molecule has 3 nitrogen and oxygen atoms in total. The Bertz CT molecular complexity index is 737. The average molecular weight is 303 g/mol. The number of rotatable bonds is 3. The van der Waals surface area contributed by atoms with E-state index in [0.717, 1.165) is 13.1 Å². The van der Waals surface area contributed by atoms with Crippen LogP contribution in [0.5, 0.6) is 0 Å². The summed E-state index contributed by atoms with van der Waals surface area (Å²) >= 11 is 0. The quantitative estimate of drug-likeness (QED) is 0.695. The number of piperazine rings is 1. The van der Waals surface area contributed by atoms with Gasteiger partial charge in [0.1, 0.15) is 5.54 Å². The molecule has 1 aliphatic heterocycles. The fraction of sp³-hybridized carbons (Fsp3) is 0.200. The normalized spacial score (nSPS) is 24.4. The second kappa shape index (κ2) is 6.03. The van der Waals surface area contributed by atoms with Gasteiger partial charge in [0.2, 0.25) is 0 Å². The molecule has 3 heteroatoms. The fourth-order valence-corrected chi connectivity index (χ4v) is 3.70. The van der Waals surface area contributed by atoms with E-state index in [0.29, 0.717) is 0 Å². The molecule has 1 fully saturated rings. The predicted molar refractivity (Wildman–Crippen MR) is 93.2 cm³/mol. The number of aromatic amines is 1. The third kappa shape index (κ3) is 2.38. The molecule has 1 saturated heterocycles. The molecule has 0 saturated carbocycles. The highest BCUT2D eigenvalue weighted by Gasteiger charge is 2.45. The Labute approximate surface area is 136 Å². The van der Waals surface area contributed by atoms with Crippen LogP contribution in [0, 0.1) is 0 Å². The lowest BCUT2D eigenvalue weighted by atomic mass is 9.75. The minimum atomic E-state index is -0.301. The summed E-state index contributed by atoms with van der Waals surface area (Å²) < 4.78 is 0. The van der Waals surface area contributed by atoms with Crippen LogP contribution < -0.4 is 10.6 Å². The average Bonchev–Trinajstić information content (AvgIpc) is 3.18. The number of hydrogen-bond donors (Lipinski definition) is 3. The summed E-state index contributed by atoms with van der Waals surface area (Å²) in [6.45, 7) is 1.88. The molecule has 0 bridgehead atoms. The first-order valence-corrected chi connectivity index (χ1v) is 8.14. The molecule has 3 N–H and O–H groups in total. The van der Waals surface area contributed by atoms with Crippen LogP contribution in [0.4, 0.5) is 0 Å². The molecule has 1 aromatic heterocycles. The zero-order valence-electron chi connectivity index (χ0n) is 13.0. The van der Waals surface area contributed by atoms with Gasteiger partial charge < -0.3 is 10.3 Å². The molecule has 2 aromatic carbocycles. The molecule has 4 rings (SSSR count). The van der Waals surface area contributed by atoms with Crippen LogP contribution in [0.1, 0.15) is 22.9 Å². The summed E-state index contributed by atoms with van der Waals surface area (Å²) in [7, 11) is 0. The molecular formula is C20H21N3. The maximum absolute atomic E-state index is 3.81.